The summed E-state index contributed by atoms with van der Waals surface area (Å²) in [4.78, 5) is 4.83. The Labute approximate surface area is 239 Å². The molecule has 0 N–H and O–H groups in total. The van der Waals surface area contributed by atoms with Gasteiger partial charge in [0.05, 0.1) is 22.2 Å². The highest BCUT2D eigenvalue weighted by atomic mass is 16.7. The minimum atomic E-state index is -0.471. The van der Waals surface area contributed by atoms with E-state index in [-0.39, 0.29) is 0 Å². The molecule has 7 heteroatoms. The van der Waals surface area contributed by atoms with Gasteiger partial charge in [-0.3, -0.25) is 4.57 Å². The molecule has 1 aliphatic heterocycles. The van der Waals surface area contributed by atoms with Crippen molar-refractivity contribution in [2.75, 3.05) is 0 Å². The van der Waals surface area contributed by atoms with Gasteiger partial charge in [-0.15, -0.1) is 0 Å². The first-order valence-electron chi connectivity index (χ1n) is 13.8. The Morgan fingerprint density at radius 1 is 0.829 bits per heavy atom. The van der Waals surface area contributed by atoms with Crippen molar-refractivity contribution in [1.82, 2.24) is 9.55 Å². The Kier molecular flexibility index (Phi) is 5.69. The molecule has 4 aromatic carbocycles. The quantitative estimate of drug-likeness (QED) is 0.166. The van der Waals surface area contributed by atoms with E-state index in [0.29, 0.717) is 23.1 Å². The fourth-order valence-corrected chi connectivity index (χ4v) is 5.35. The van der Waals surface area contributed by atoms with Crippen molar-refractivity contribution < 1.29 is 18.5 Å². The number of hydrogen-bond acceptors (Lipinski definition) is 5. The van der Waals surface area contributed by atoms with E-state index < -0.39 is 18.3 Å². The van der Waals surface area contributed by atoms with Gasteiger partial charge in [0, 0.05) is 16.3 Å². The fraction of sp³-hybridized carbons (Fsp3) is 0.206. The van der Waals surface area contributed by atoms with Crippen LogP contribution < -0.4 is 10.2 Å². The van der Waals surface area contributed by atoms with Crippen LogP contribution in [0.3, 0.4) is 0 Å². The van der Waals surface area contributed by atoms with Crippen LogP contribution in [-0.2, 0) is 9.31 Å². The Hall–Kier alpha value is -4.33. The van der Waals surface area contributed by atoms with Crippen LogP contribution in [0.1, 0.15) is 38.8 Å². The number of oxazole rings is 1. The zero-order chi connectivity index (χ0) is 28.5. The summed E-state index contributed by atoms with van der Waals surface area (Å²) in [5, 5.41) is 2.32. The molecule has 0 atom stereocenters. The molecule has 0 bridgehead atoms. The molecule has 6 aromatic rings. The first-order valence-corrected chi connectivity index (χ1v) is 13.8. The maximum atomic E-state index is 6.34. The van der Waals surface area contributed by atoms with Gasteiger partial charge in [0.25, 0.3) is 0 Å². The molecule has 41 heavy (non-hydrogen) atoms. The van der Waals surface area contributed by atoms with Crippen molar-refractivity contribution >= 4 is 51.2 Å². The van der Waals surface area contributed by atoms with Crippen molar-refractivity contribution in [3.8, 4) is 11.8 Å². The van der Waals surface area contributed by atoms with Crippen molar-refractivity contribution in [2.45, 2.75) is 45.8 Å². The minimum absolute atomic E-state index is 0.419. The predicted octanol–water partition coefficient (Wildman–Crippen LogP) is 7.58. The second kappa shape index (κ2) is 9.09. The van der Waals surface area contributed by atoms with Gasteiger partial charge in [-0.2, -0.15) is 4.98 Å². The van der Waals surface area contributed by atoms with Crippen molar-refractivity contribution in [3.05, 3.63) is 103 Å². The smallest absolute Gasteiger partial charge is 0.457 e. The van der Waals surface area contributed by atoms with Crippen LogP contribution in [0.15, 0.2) is 95.9 Å². The lowest BCUT2D eigenvalue weighted by Gasteiger charge is -2.32. The van der Waals surface area contributed by atoms with E-state index in [1.54, 1.807) is 0 Å². The number of benzene rings is 4. The highest BCUT2D eigenvalue weighted by Crippen LogP contribution is 2.37. The summed E-state index contributed by atoms with van der Waals surface area (Å²) in [7, 11) is -0.471. The first-order chi connectivity index (χ1) is 19.6. The normalized spacial score (nSPS) is 16.2. The molecule has 6 nitrogen and oxygen atoms in total. The molecular formula is C34H31BN2O4. The Balaban J connectivity index is 1.20. The minimum Gasteiger partial charge on any atom is -0.457 e. The second-order valence-electron chi connectivity index (χ2n) is 11.7. The van der Waals surface area contributed by atoms with Crippen LogP contribution in [0.4, 0.5) is 0 Å². The summed E-state index contributed by atoms with van der Waals surface area (Å²) in [6.45, 7) is 14.4. The van der Waals surface area contributed by atoms with E-state index in [1.165, 1.54) is 0 Å². The highest BCUT2D eigenvalue weighted by molar-refractivity contribution is 6.62. The third-order valence-electron chi connectivity index (χ3n) is 8.44. The van der Waals surface area contributed by atoms with Crippen LogP contribution in [0.2, 0.25) is 0 Å². The number of nitrogens with zero attached hydrogens (tertiary/aromatic N) is 2. The van der Waals surface area contributed by atoms with Crippen molar-refractivity contribution in [2.24, 2.45) is 0 Å². The molecule has 0 radical (unpaired) electrons. The summed E-state index contributed by atoms with van der Waals surface area (Å²) in [5.41, 5.74) is 5.37. The molecule has 0 unspecified atom stereocenters. The Morgan fingerprint density at radius 2 is 1.46 bits per heavy atom. The topological polar surface area (TPSA) is 58.6 Å². The molecule has 1 aliphatic rings. The number of ether oxygens (including phenoxy) is 1. The third kappa shape index (κ3) is 4.15. The number of hydrogen-bond donors (Lipinski definition) is 0. The predicted molar refractivity (Wildman–Crippen MR) is 165 cm³/mol. The number of fused-ring (bicyclic) bond motifs is 4. The van der Waals surface area contributed by atoms with Gasteiger partial charge in [-0.05, 0) is 82.0 Å². The molecule has 1 fully saturated rings. The van der Waals surface area contributed by atoms with E-state index in [2.05, 4.69) is 47.5 Å². The summed E-state index contributed by atoms with van der Waals surface area (Å²) in [5.74, 6) is 1.21. The monoisotopic (exact) mass is 542 g/mol. The van der Waals surface area contributed by atoms with E-state index in [1.807, 2.05) is 83.1 Å². The largest absolute Gasteiger partial charge is 0.494 e. The first kappa shape index (κ1) is 25.6. The molecular weight excluding hydrogens is 511 g/mol. The van der Waals surface area contributed by atoms with Gasteiger partial charge in [0.2, 0.25) is 0 Å². The average Bonchev–Trinajstić information content (AvgIpc) is 3.58. The molecule has 2 aromatic heterocycles. The lowest BCUT2D eigenvalue weighted by atomic mass is 9.78. The average molecular weight is 542 g/mol. The van der Waals surface area contributed by atoms with Crippen LogP contribution in [0.25, 0.3) is 44.7 Å². The highest BCUT2D eigenvalue weighted by Gasteiger charge is 2.51. The lowest BCUT2D eigenvalue weighted by Crippen LogP contribution is -2.41. The standard InChI is InChI=1S/C34H31BN2O4/c1-21-15-17-24(35-40-33(3,4)34(5,6)41-35)20-30(21)38-22(2)23-16-18-27-31(19-23)39-32(36-27)37-28-13-9-7-11-25(28)26-12-8-10-14-29(26)37/h7-20H,2H2,1,3-6H3. The fourth-order valence-electron chi connectivity index (χ4n) is 5.35. The van der Waals surface area contributed by atoms with Crippen LogP contribution in [-0.4, -0.2) is 27.9 Å². The van der Waals surface area contributed by atoms with Crippen LogP contribution in [0.5, 0.6) is 5.75 Å². The lowest BCUT2D eigenvalue weighted by molar-refractivity contribution is 0.00578. The molecule has 204 valence electrons. The maximum Gasteiger partial charge on any atom is 0.494 e. The van der Waals surface area contributed by atoms with Crippen molar-refractivity contribution in [1.29, 1.82) is 0 Å². The van der Waals surface area contributed by atoms with Gasteiger partial charge < -0.3 is 18.5 Å². The molecule has 0 saturated carbocycles. The maximum absolute atomic E-state index is 6.34. The summed E-state index contributed by atoms with van der Waals surface area (Å²) >= 11 is 0. The summed E-state index contributed by atoms with van der Waals surface area (Å²) in [6, 6.07) is 28.9. The van der Waals surface area contributed by atoms with E-state index in [0.717, 1.165) is 43.9 Å². The van der Waals surface area contributed by atoms with Gasteiger partial charge in [0.15, 0.2) is 5.58 Å². The molecule has 1 saturated heterocycles. The van der Waals surface area contributed by atoms with E-state index >= 15 is 0 Å². The zero-order valence-electron chi connectivity index (χ0n) is 23.9. The molecule has 0 aliphatic carbocycles. The molecule has 0 amide bonds. The zero-order valence-corrected chi connectivity index (χ0v) is 23.9. The number of para-hydroxylation sites is 2. The van der Waals surface area contributed by atoms with Crippen LogP contribution >= 0.6 is 0 Å². The van der Waals surface area contributed by atoms with Gasteiger partial charge in [-0.25, -0.2) is 0 Å². The summed E-state index contributed by atoms with van der Waals surface area (Å²) in [6.07, 6.45) is 0. The Morgan fingerprint density at radius 3 is 2.12 bits per heavy atom. The molecule has 7 rings (SSSR count). The SMILES string of the molecule is C=C(Oc1cc(B2OC(C)(C)C(C)(C)O2)ccc1C)c1ccc2nc(-n3c4ccccc4c4ccccc43)oc2c1. The Bertz CT molecular complexity index is 1910. The van der Waals surface area contributed by atoms with Gasteiger partial charge >= 0.3 is 13.1 Å². The van der Waals surface area contributed by atoms with Crippen LogP contribution in [0, 0.1) is 6.92 Å². The number of aryl methyl sites for hydroxylation is 1. The van der Waals surface area contributed by atoms with E-state index in [4.69, 9.17) is 23.4 Å². The van der Waals surface area contributed by atoms with Gasteiger partial charge in [0.1, 0.15) is 17.0 Å². The van der Waals surface area contributed by atoms with E-state index in [9.17, 15) is 0 Å². The second-order valence-corrected chi connectivity index (χ2v) is 11.7. The third-order valence-corrected chi connectivity index (χ3v) is 8.44. The molecule has 0 spiro atoms. The van der Waals surface area contributed by atoms with Crippen molar-refractivity contribution in [3.63, 3.8) is 0 Å². The number of rotatable bonds is 5. The summed E-state index contributed by atoms with van der Waals surface area (Å²) < 4.78 is 27.2. The molecule has 3 heterocycles. The van der Waals surface area contributed by atoms with Gasteiger partial charge in [-0.1, -0.05) is 55.1 Å². The number of aromatic nitrogens is 2.